The van der Waals surface area contributed by atoms with Crippen LogP contribution in [0.25, 0.3) is 0 Å². The lowest BCUT2D eigenvalue weighted by molar-refractivity contribution is -0.286. The minimum Gasteiger partial charge on any atom is -0.402 e. The quantitative estimate of drug-likeness (QED) is 0.851. The third kappa shape index (κ3) is 2.45. The Bertz CT molecular complexity index is 593. The topological polar surface area (TPSA) is 62.9 Å². The van der Waals surface area contributed by atoms with E-state index in [0.29, 0.717) is 5.56 Å². The summed E-state index contributed by atoms with van der Waals surface area (Å²) in [5.41, 5.74) is 5.71. The van der Waals surface area contributed by atoms with Gasteiger partial charge in [-0.1, -0.05) is 6.07 Å². The Morgan fingerprint density at radius 1 is 1.00 bits per heavy atom. The molecule has 22 heavy (non-hydrogen) atoms. The molecule has 5 nitrogen and oxygen atoms in total. The smallest absolute Gasteiger partial charge is 0.402 e. The molecular weight excluding hydrogens is 295 g/mol. The van der Waals surface area contributed by atoms with Crippen molar-refractivity contribution in [2.24, 2.45) is 5.73 Å². The molecular formula is C14H18BF2NO4. The van der Waals surface area contributed by atoms with Gasteiger partial charge in [-0.3, -0.25) is 0 Å². The summed E-state index contributed by atoms with van der Waals surface area (Å²) in [6, 6.07) is 4.42. The van der Waals surface area contributed by atoms with E-state index in [1.807, 2.05) is 27.7 Å². The maximum atomic E-state index is 13.0. The Balaban J connectivity index is 1.82. The maximum Gasteiger partial charge on any atom is 0.586 e. The van der Waals surface area contributed by atoms with E-state index in [1.165, 1.54) is 12.1 Å². The number of halogens is 2. The van der Waals surface area contributed by atoms with E-state index in [1.54, 1.807) is 6.07 Å². The molecule has 0 amide bonds. The summed E-state index contributed by atoms with van der Waals surface area (Å²) in [6.07, 6.45) is -3.64. The van der Waals surface area contributed by atoms with Crippen LogP contribution in [0.1, 0.15) is 39.2 Å². The van der Waals surface area contributed by atoms with Crippen LogP contribution in [0.5, 0.6) is 11.5 Å². The summed E-state index contributed by atoms with van der Waals surface area (Å²) in [5.74, 6) is -0.700. The van der Waals surface area contributed by atoms with E-state index >= 15 is 0 Å². The third-order valence-corrected chi connectivity index (χ3v) is 4.37. The molecule has 2 aliphatic rings. The van der Waals surface area contributed by atoms with Crippen molar-refractivity contribution >= 4 is 7.12 Å². The van der Waals surface area contributed by atoms with Crippen molar-refractivity contribution in [3.05, 3.63) is 23.8 Å². The van der Waals surface area contributed by atoms with Gasteiger partial charge >= 0.3 is 13.4 Å². The van der Waals surface area contributed by atoms with E-state index in [-0.39, 0.29) is 11.5 Å². The summed E-state index contributed by atoms with van der Waals surface area (Å²) < 4.78 is 46.6. The van der Waals surface area contributed by atoms with Gasteiger partial charge in [0, 0.05) is 0 Å². The molecule has 1 saturated heterocycles. The highest BCUT2D eigenvalue weighted by atomic mass is 19.3. The zero-order valence-electron chi connectivity index (χ0n) is 12.9. The number of fused-ring (bicyclic) bond motifs is 1. The zero-order chi connectivity index (χ0) is 16.3. The lowest BCUT2D eigenvalue weighted by Crippen LogP contribution is -2.41. The SMILES string of the molecule is CC1(C)OB([C@@H](N)c2ccc3c(c2)OC(F)(F)O3)OC1(C)C. The van der Waals surface area contributed by atoms with Crippen molar-refractivity contribution < 1.29 is 27.6 Å². The monoisotopic (exact) mass is 313 g/mol. The summed E-state index contributed by atoms with van der Waals surface area (Å²) in [5, 5.41) is 0. The Morgan fingerprint density at radius 2 is 1.55 bits per heavy atom. The summed E-state index contributed by atoms with van der Waals surface area (Å²) in [7, 11) is -0.675. The van der Waals surface area contributed by atoms with E-state index in [2.05, 4.69) is 9.47 Å². The van der Waals surface area contributed by atoms with Crippen molar-refractivity contribution in [1.29, 1.82) is 0 Å². The Labute approximate surface area is 127 Å². The average Bonchev–Trinajstić information content (AvgIpc) is 2.79. The van der Waals surface area contributed by atoms with Crippen LogP contribution >= 0.6 is 0 Å². The fraction of sp³-hybridized carbons (Fsp3) is 0.571. The van der Waals surface area contributed by atoms with Crippen LogP contribution in [0.4, 0.5) is 8.78 Å². The molecule has 1 aromatic carbocycles. The first-order chi connectivity index (χ1) is 10.0. The lowest BCUT2D eigenvalue weighted by Gasteiger charge is -2.32. The molecule has 2 aliphatic heterocycles. The molecule has 3 rings (SSSR count). The molecule has 0 unspecified atom stereocenters. The van der Waals surface area contributed by atoms with Crippen LogP contribution in [-0.4, -0.2) is 24.6 Å². The summed E-state index contributed by atoms with van der Waals surface area (Å²) >= 11 is 0. The van der Waals surface area contributed by atoms with Gasteiger partial charge in [0.05, 0.1) is 17.1 Å². The number of ether oxygens (including phenoxy) is 2. The molecule has 8 heteroatoms. The standard InChI is InChI=1S/C14H18BF2NO4/c1-12(2)13(3,4)22-15(21-12)11(18)8-5-6-9-10(7-8)20-14(16,17)19-9/h5-7,11H,18H2,1-4H3/t11-/m0/s1. The molecule has 0 aromatic heterocycles. The van der Waals surface area contributed by atoms with Crippen LogP contribution < -0.4 is 15.2 Å². The molecule has 2 N–H and O–H groups in total. The fourth-order valence-corrected chi connectivity index (χ4v) is 2.37. The first-order valence-corrected chi connectivity index (χ1v) is 7.02. The molecule has 2 heterocycles. The molecule has 0 aliphatic carbocycles. The number of alkyl halides is 2. The van der Waals surface area contributed by atoms with Gasteiger partial charge in [-0.15, -0.1) is 8.78 Å². The second-order valence-corrected chi connectivity index (χ2v) is 6.52. The normalized spacial score (nSPS) is 25.3. The molecule has 0 bridgehead atoms. The van der Waals surface area contributed by atoms with E-state index in [0.717, 1.165) is 0 Å². The van der Waals surface area contributed by atoms with Gasteiger partial charge < -0.3 is 24.5 Å². The van der Waals surface area contributed by atoms with Gasteiger partial charge in [0.25, 0.3) is 0 Å². The third-order valence-electron chi connectivity index (χ3n) is 4.37. The number of benzene rings is 1. The molecule has 0 spiro atoms. The second kappa shape index (κ2) is 4.56. The van der Waals surface area contributed by atoms with E-state index in [9.17, 15) is 8.78 Å². The Kier molecular flexibility index (Phi) is 3.22. The number of hydrogen-bond donors (Lipinski definition) is 1. The minimum atomic E-state index is -3.64. The molecule has 1 fully saturated rings. The average molecular weight is 313 g/mol. The highest BCUT2D eigenvalue weighted by Gasteiger charge is 2.53. The molecule has 0 saturated carbocycles. The number of rotatable bonds is 2. The van der Waals surface area contributed by atoms with Crippen LogP contribution in [0.2, 0.25) is 0 Å². The van der Waals surface area contributed by atoms with Crippen LogP contribution in [0.3, 0.4) is 0 Å². The number of nitrogens with two attached hydrogens (primary N) is 1. The van der Waals surface area contributed by atoms with Gasteiger partial charge in [-0.25, -0.2) is 0 Å². The maximum absolute atomic E-state index is 13.0. The fourth-order valence-electron chi connectivity index (χ4n) is 2.37. The van der Waals surface area contributed by atoms with Crippen molar-refractivity contribution in [3.8, 4) is 11.5 Å². The molecule has 120 valence electrons. The van der Waals surface area contributed by atoms with Crippen LogP contribution in [-0.2, 0) is 9.31 Å². The summed E-state index contributed by atoms with van der Waals surface area (Å²) in [4.78, 5) is 0. The molecule has 1 aromatic rings. The largest absolute Gasteiger partial charge is 0.586 e. The van der Waals surface area contributed by atoms with E-state index in [4.69, 9.17) is 15.0 Å². The predicted octanol–water partition coefficient (Wildman–Crippen LogP) is 2.64. The summed E-state index contributed by atoms with van der Waals surface area (Å²) in [6.45, 7) is 7.67. The van der Waals surface area contributed by atoms with Crippen molar-refractivity contribution in [2.75, 3.05) is 0 Å². The van der Waals surface area contributed by atoms with Gasteiger partial charge in [-0.05, 0) is 45.4 Å². The van der Waals surface area contributed by atoms with Crippen LogP contribution in [0, 0.1) is 0 Å². The second-order valence-electron chi connectivity index (χ2n) is 6.52. The van der Waals surface area contributed by atoms with Crippen LogP contribution in [0.15, 0.2) is 18.2 Å². The Hall–Kier alpha value is -1.38. The first kappa shape index (κ1) is 15.5. The zero-order valence-corrected chi connectivity index (χ0v) is 12.9. The number of hydrogen-bond acceptors (Lipinski definition) is 5. The predicted molar refractivity (Wildman–Crippen MR) is 75.7 cm³/mol. The van der Waals surface area contributed by atoms with Crippen molar-refractivity contribution in [2.45, 2.75) is 51.1 Å². The first-order valence-electron chi connectivity index (χ1n) is 7.02. The highest BCUT2D eigenvalue weighted by Crippen LogP contribution is 2.44. The molecule has 1 atom stereocenters. The van der Waals surface area contributed by atoms with Crippen molar-refractivity contribution in [1.82, 2.24) is 0 Å². The van der Waals surface area contributed by atoms with Crippen molar-refractivity contribution in [3.63, 3.8) is 0 Å². The van der Waals surface area contributed by atoms with Gasteiger partial charge in [0.1, 0.15) is 0 Å². The van der Waals surface area contributed by atoms with Gasteiger partial charge in [0.15, 0.2) is 11.5 Å². The Morgan fingerprint density at radius 3 is 2.14 bits per heavy atom. The van der Waals surface area contributed by atoms with Gasteiger partial charge in [0.2, 0.25) is 0 Å². The highest BCUT2D eigenvalue weighted by molar-refractivity contribution is 6.47. The van der Waals surface area contributed by atoms with Gasteiger partial charge in [-0.2, -0.15) is 0 Å². The van der Waals surface area contributed by atoms with E-state index < -0.39 is 30.6 Å². The lowest BCUT2D eigenvalue weighted by atomic mass is 9.75. The molecule has 0 radical (unpaired) electrons. The minimum absolute atomic E-state index is 0.0186.